The number of carbonyl (C=O) groups excluding carboxylic acids is 1. The van der Waals surface area contributed by atoms with E-state index >= 15 is 0 Å². The number of ether oxygens (including phenoxy) is 1. The second-order valence-electron chi connectivity index (χ2n) is 15.6. The minimum atomic E-state index is -0.427. The second kappa shape index (κ2) is 14.5. The summed E-state index contributed by atoms with van der Waals surface area (Å²) in [5, 5.41) is 17.2. The van der Waals surface area contributed by atoms with E-state index in [0.717, 1.165) is 35.5 Å². The number of rotatable bonds is 10. The first-order valence-electron chi connectivity index (χ1n) is 18.5. The van der Waals surface area contributed by atoms with Crippen LogP contribution in [0.3, 0.4) is 0 Å². The highest BCUT2D eigenvalue weighted by Gasteiger charge is 2.56. The molecule has 6 aromatic rings. The zero-order valence-corrected chi connectivity index (χ0v) is 31.4. The Labute approximate surface area is 321 Å². The average Bonchev–Trinajstić information content (AvgIpc) is 3.56. The van der Waals surface area contributed by atoms with Crippen LogP contribution in [0.2, 0.25) is 0 Å². The van der Waals surface area contributed by atoms with Crippen molar-refractivity contribution in [1.29, 1.82) is 0 Å². The van der Waals surface area contributed by atoms with Gasteiger partial charge in [0.05, 0.1) is 28.3 Å². The molecule has 6 aromatic carbocycles. The maximum absolute atomic E-state index is 13.4. The highest BCUT2D eigenvalue weighted by Crippen LogP contribution is 2.63. The van der Waals surface area contributed by atoms with Gasteiger partial charge in [0, 0.05) is 5.41 Å². The van der Waals surface area contributed by atoms with Crippen LogP contribution in [0.15, 0.2) is 166 Å². The van der Waals surface area contributed by atoms with Crippen LogP contribution >= 0.6 is 0 Å². The van der Waals surface area contributed by atoms with Gasteiger partial charge < -0.3 is 9.62 Å². The monoisotopic (exact) mass is 726 g/mol. The number of fused-ring (bicyclic) bond motifs is 4. The standard InChI is InChI=1S/C47H42N4O4/c1-45(2)30-47(42-27-38(23-25-40(42)45)54-44(52)33-17-21-37(22-18-33)51-49-35-13-9-6-10-14-35)31-46(3,4)41-26-24-39(28-43(41)47)55-53-29-32-15-19-36(20-16-32)50-48-34-11-7-5-8-12-34/h5-28H,29-31H2,1-4H3/b50-48+,51-49+. The first-order valence-corrected chi connectivity index (χ1v) is 18.5. The van der Waals surface area contributed by atoms with E-state index in [1.165, 1.54) is 22.3 Å². The Morgan fingerprint density at radius 2 is 0.982 bits per heavy atom. The summed E-state index contributed by atoms with van der Waals surface area (Å²) in [6.45, 7) is 9.48. The Morgan fingerprint density at radius 1 is 0.527 bits per heavy atom. The molecule has 8 rings (SSSR count). The molecule has 0 bridgehead atoms. The number of benzene rings is 6. The van der Waals surface area contributed by atoms with Crippen molar-refractivity contribution in [1.82, 2.24) is 0 Å². The minimum Gasteiger partial charge on any atom is -0.423 e. The van der Waals surface area contributed by atoms with Crippen LogP contribution in [0.4, 0.5) is 22.7 Å². The molecule has 274 valence electrons. The molecule has 8 heteroatoms. The topological polar surface area (TPSA) is 94.2 Å². The molecule has 1 spiro atoms. The van der Waals surface area contributed by atoms with Gasteiger partial charge in [-0.2, -0.15) is 25.3 Å². The van der Waals surface area contributed by atoms with Crippen LogP contribution in [-0.2, 0) is 27.7 Å². The van der Waals surface area contributed by atoms with Crippen molar-refractivity contribution < 1.29 is 19.3 Å². The molecule has 0 saturated heterocycles. The lowest BCUT2D eigenvalue weighted by atomic mass is 9.72. The summed E-state index contributed by atoms with van der Waals surface area (Å²) in [7, 11) is 0. The van der Waals surface area contributed by atoms with E-state index < -0.39 is 5.97 Å². The van der Waals surface area contributed by atoms with E-state index in [1.54, 1.807) is 24.3 Å². The Bertz CT molecular complexity index is 2390. The van der Waals surface area contributed by atoms with Crippen molar-refractivity contribution in [2.45, 2.75) is 63.4 Å². The summed E-state index contributed by atoms with van der Waals surface area (Å²) in [6, 6.07) is 46.3. The van der Waals surface area contributed by atoms with Crippen molar-refractivity contribution in [2.75, 3.05) is 0 Å². The molecule has 0 heterocycles. The number of azo groups is 2. The van der Waals surface area contributed by atoms with Gasteiger partial charge in [0.15, 0.2) is 5.75 Å². The highest BCUT2D eigenvalue weighted by molar-refractivity contribution is 5.91. The Morgan fingerprint density at radius 3 is 1.51 bits per heavy atom. The third kappa shape index (κ3) is 7.46. The third-order valence-corrected chi connectivity index (χ3v) is 10.7. The van der Waals surface area contributed by atoms with Crippen LogP contribution in [0.1, 0.15) is 78.7 Å². The van der Waals surface area contributed by atoms with Crippen LogP contribution < -0.4 is 9.62 Å². The van der Waals surface area contributed by atoms with E-state index in [-0.39, 0.29) is 22.9 Å². The highest BCUT2D eigenvalue weighted by atomic mass is 17.2. The van der Waals surface area contributed by atoms with Gasteiger partial charge >= 0.3 is 5.97 Å². The number of carbonyl (C=O) groups is 1. The fourth-order valence-corrected chi connectivity index (χ4v) is 8.30. The summed E-state index contributed by atoms with van der Waals surface area (Å²) < 4.78 is 6.02. The van der Waals surface area contributed by atoms with Gasteiger partial charge in [-0.1, -0.05) is 88.4 Å². The first-order chi connectivity index (χ1) is 26.6. The molecule has 0 amide bonds. The second-order valence-corrected chi connectivity index (χ2v) is 15.6. The zero-order valence-electron chi connectivity index (χ0n) is 31.4. The Balaban J connectivity index is 0.985. The number of esters is 1. The lowest BCUT2D eigenvalue weighted by Crippen LogP contribution is -2.27. The molecule has 0 aromatic heterocycles. The molecule has 55 heavy (non-hydrogen) atoms. The number of nitrogens with zero attached hydrogens (tertiary/aromatic N) is 4. The van der Waals surface area contributed by atoms with Crippen molar-refractivity contribution in [3.05, 3.63) is 179 Å². The molecule has 0 aliphatic heterocycles. The SMILES string of the molecule is CC1(C)CC2(CC(C)(C)c3ccc(OC(=O)c4ccc(/N=N/c5ccccc5)cc4)cc32)c2cc(OOCc3ccc(/N=N/c4ccccc4)cc3)ccc21. The Hall–Kier alpha value is -6.25. The van der Waals surface area contributed by atoms with Gasteiger partial charge in [-0.3, -0.25) is 0 Å². The number of hydrogen-bond donors (Lipinski definition) is 0. The summed E-state index contributed by atoms with van der Waals surface area (Å²) in [6.07, 6.45) is 1.83. The van der Waals surface area contributed by atoms with Crippen molar-refractivity contribution >= 4 is 28.7 Å². The maximum atomic E-state index is 13.4. The number of hydrogen-bond acceptors (Lipinski definition) is 8. The van der Waals surface area contributed by atoms with Gasteiger partial charge in [0.2, 0.25) is 0 Å². The van der Waals surface area contributed by atoms with Crippen LogP contribution in [-0.4, -0.2) is 5.97 Å². The summed E-state index contributed by atoms with van der Waals surface area (Å²) in [5.74, 6) is 0.733. The van der Waals surface area contributed by atoms with Crippen LogP contribution in [0, 0.1) is 0 Å². The van der Waals surface area contributed by atoms with Gasteiger partial charge in [-0.05, 0) is 136 Å². The van der Waals surface area contributed by atoms with Gasteiger partial charge in [-0.25, -0.2) is 4.79 Å². The molecule has 1 atom stereocenters. The predicted molar refractivity (Wildman–Crippen MR) is 213 cm³/mol. The summed E-state index contributed by atoms with van der Waals surface area (Å²) in [5.41, 5.74) is 8.85. The molecule has 8 nitrogen and oxygen atoms in total. The van der Waals surface area contributed by atoms with E-state index in [9.17, 15) is 4.79 Å². The molecule has 0 fully saturated rings. The van der Waals surface area contributed by atoms with E-state index in [4.69, 9.17) is 14.5 Å². The van der Waals surface area contributed by atoms with Crippen LogP contribution in [0.5, 0.6) is 11.5 Å². The Kier molecular flexibility index (Phi) is 9.45. The van der Waals surface area contributed by atoms with Crippen molar-refractivity contribution in [3.8, 4) is 11.5 Å². The lowest BCUT2D eigenvalue weighted by Gasteiger charge is -2.30. The molecule has 0 radical (unpaired) electrons. The molecular formula is C47H42N4O4. The van der Waals surface area contributed by atoms with E-state index in [0.29, 0.717) is 22.7 Å². The molecule has 1 unspecified atom stereocenters. The average molecular weight is 727 g/mol. The van der Waals surface area contributed by atoms with Gasteiger partial charge in [-0.15, -0.1) is 0 Å². The quantitative estimate of drug-likeness (QED) is 0.0462. The largest absolute Gasteiger partial charge is 0.423 e. The van der Waals surface area contributed by atoms with Crippen molar-refractivity contribution in [2.24, 2.45) is 20.5 Å². The molecule has 0 saturated carbocycles. The lowest BCUT2D eigenvalue weighted by molar-refractivity contribution is -0.217. The molecule has 2 aliphatic carbocycles. The summed E-state index contributed by atoms with van der Waals surface area (Å²) >= 11 is 0. The third-order valence-electron chi connectivity index (χ3n) is 10.7. The van der Waals surface area contributed by atoms with Crippen LogP contribution in [0.25, 0.3) is 0 Å². The van der Waals surface area contributed by atoms with Crippen molar-refractivity contribution in [3.63, 3.8) is 0 Å². The minimum absolute atomic E-state index is 0.0850. The van der Waals surface area contributed by atoms with E-state index in [2.05, 4.69) is 72.4 Å². The van der Waals surface area contributed by atoms with Gasteiger partial charge in [0.25, 0.3) is 0 Å². The molecule has 0 N–H and O–H groups in total. The summed E-state index contributed by atoms with van der Waals surface area (Å²) in [4.78, 5) is 25.1. The fourth-order valence-electron chi connectivity index (χ4n) is 8.30. The maximum Gasteiger partial charge on any atom is 0.343 e. The predicted octanol–water partition coefficient (Wildman–Crippen LogP) is 12.9. The smallest absolute Gasteiger partial charge is 0.343 e. The zero-order chi connectivity index (χ0) is 38.0. The normalized spacial score (nSPS) is 17.7. The molecular weight excluding hydrogens is 685 g/mol. The fraction of sp³-hybridized carbons (Fsp3) is 0.213. The van der Waals surface area contributed by atoms with E-state index in [1.807, 2.05) is 97.1 Å². The first kappa shape index (κ1) is 35.8. The molecule has 2 aliphatic rings. The van der Waals surface area contributed by atoms with Gasteiger partial charge in [0.1, 0.15) is 12.4 Å².